The van der Waals surface area contributed by atoms with Crippen molar-refractivity contribution in [3.63, 3.8) is 0 Å². The number of ketones is 1. The number of methoxy groups -OCH3 is 3. The average molecular weight is 621 g/mol. The maximum atomic E-state index is 14.0. The van der Waals surface area contributed by atoms with Crippen LogP contribution in [0.5, 0.6) is 11.5 Å². The number of hydrogen-bond donors (Lipinski definition) is 0. The zero-order valence-electron chi connectivity index (χ0n) is 25.4. The van der Waals surface area contributed by atoms with Crippen molar-refractivity contribution in [1.29, 1.82) is 0 Å². The third kappa shape index (κ3) is 6.69. The van der Waals surface area contributed by atoms with Crippen molar-refractivity contribution in [2.75, 3.05) is 53.3 Å². The first kappa shape index (κ1) is 32.4. The minimum Gasteiger partial charge on any atom is -0.493 e. The molecule has 0 radical (unpaired) electrons. The van der Waals surface area contributed by atoms with E-state index in [1.165, 1.54) is 4.31 Å². The maximum absolute atomic E-state index is 14.0. The van der Waals surface area contributed by atoms with E-state index in [1.54, 1.807) is 37.6 Å². The van der Waals surface area contributed by atoms with Crippen LogP contribution < -0.4 is 9.47 Å². The van der Waals surface area contributed by atoms with Gasteiger partial charge in [-0.2, -0.15) is 4.31 Å². The number of hydrogen-bond acceptors (Lipinski definition) is 8. The summed E-state index contributed by atoms with van der Waals surface area (Å²) in [6.45, 7) is 5.08. The molecule has 11 heteroatoms. The van der Waals surface area contributed by atoms with Crippen molar-refractivity contribution in [2.45, 2.75) is 52.5 Å². The number of nitrogens with zero attached hydrogens (tertiary/aromatic N) is 2. The smallest absolute Gasteiger partial charge is 0.238 e. The third-order valence-electron chi connectivity index (χ3n) is 9.43. The van der Waals surface area contributed by atoms with Gasteiger partial charge in [0, 0.05) is 43.5 Å². The molecule has 1 aromatic heterocycles. The van der Waals surface area contributed by atoms with Gasteiger partial charge >= 0.3 is 0 Å². The number of benzene rings is 1. The zero-order chi connectivity index (χ0) is 30.5. The Morgan fingerprint density at radius 3 is 2.45 bits per heavy atom. The molecule has 2 aliphatic carbocycles. The van der Waals surface area contributed by atoms with Gasteiger partial charge in [-0.05, 0) is 66.2 Å². The lowest BCUT2D eigenvalue weighted by molar-refractivity contribution is -0.132. The molecule has 2 atom stereocenters. The van der Waals surface area contributed by atoms with Crippen LogP contribution in [0.4, 0.5) is 0 Å². The van der Waals surface area contributed by atoms with Gasteiger partial charge in [-0.25, -0.2) is 8.42 Å². The molecular formula is C31H44N2O7S2. The number of amides is 1. The summed E-state index contributed by atoms with van der Waals surface area (Å²) in [5.74, 6) is 0.968. The topological polar surface area (TPSA) is 102 Å². The van der Waals surface area contributed by atoms with E-state index < -0.39 is 15.4 Å². The molecule has 2 saturated carbocycles. The normalized spacial score (nSPS) is 21.2. The molecule has 2 bridgehead atoms. The minimum atomic E-state index is -3.93. The van der Waals surface area contributed by atoms with E-state index in [1.807, 2.05) is 49.6 Å². The van der Waals surface area contributed by atoms with Crippen molar-refractivity contribution in [1.82, 2.24) is 9.21 Å². The quantitative estimate of drug-likeness (QED) is 0.257. The lowest BCUT2D eigenvalue weighted by Gasteiger charge is -2.38. The molecular weight excluding hydrogens is 576 g/mol. The molecule has 2 unspecified atom stereocenters. The highest BCUT2D eigenvalue weighted by Crippen LogP contribution is 2.64. The Morgan fingerprint density at radius 1 is 1.10 bits per heavy atom. The first-order chi connectivity index (χ1) is 20.0. The van der Waals surface area contributed by atoms with E-state index in [0.717, 1.165) is 16.9 Å². The Balaban J connectivity index is 1.55. The molecule has 0 N–H and O–H groups in total. The molecule has 0 spiro atoms. The summed E-state index contributed by atoms with van der Waals surface area (Å²) in [5.41, 5.74) is -0.314. The Kier molecular flexibility index (Phi) is 10.4. The summed E-state index contributed by atoms with van der Waals surface area (Å²) in [5, 5.41) is 1.96. The van der Waals surface area contributed by atoms with E-state index in [9.17, 15) is 18.0 Å². The highest BCUT2D eigenvalue weighted by molar-refractivity contribution is 7.89. The van der Waals surface area contributed by atoms with Gasteiger partial charge in [0.2, 0.25) is 15.9 Å². The van der Waals surface area contributed by atoms with Crippen LogP contribution in [0.3, 0.4) is 0 Å². The van der Waals surface area contributed by atoms with Gasteiger partial charge in [0.25, 0.3) is 0 Å². The Hall–Kier alpha value is -2.47. The molecule has 1 aromatic carbocycles. The second kappa shape index (κ2) is 13.4. The van der Waals surface area contributed by atoms with Gasteiger partial charge in [0.15, 0.2) is 11.5 Å². The summed E-state index contributed by atoms with van der Waals surface area (Å²) in [6, 6.07) is 9.57. The van der Waals surface area contributed by atoms with Crippen molar-refractivity contribution >= 4 is 33.1 Å². The van der Waals surface area contributed by atoms with Crippen LogP contribution in [0.1, 0.15) is 50.0 Å². The van der Waals surface area contributed by atoms with Crippen LogP contribution in [-0.4, -0.2) is 82.6 Å². The lowest BCUT2D eigenvalue weighted by atomic mass is 9.70. The molecule has 2 aromatic rings. The summed E-state index contributed by atoms with van der Waals surface area (Å²) < 4.78 is 45.3. The molecule has 0 aliphatic heterocycles. The SMILES string of the molecule is COCCCN(CC(=O)N(CCc1ccc(OC)c(OC)c1)Cc1cccs1)S(=O)(=O)CC12CCC(CC1=O)C2(C)C. The average Bonchev–Trinajstić information content (AvgIpc) is 3.60. The van der Waals surface area contributed by atoms with Crippen LogP contribution in [0.2, 0.25) is 0 Å². The van der Waals surface area contributed by atoms with Crippen molar-refractivity contribution in [2.24, 2.45) is 16.7 Å². The predicted octanol–water partition coefficient (Wildman–Crippen LogP) is 4.40. The van der Waals surface area contributed by atoms with Crippen LogP contribution in [0.25, 0.3) is 0 Å². The summed E-state index contributed by atoms with van der Waals surface area (Å²) in [4.78, 5) is 29.8. The molecule has 42 heavy (non-hydrogen) atoms. The monoisotopic (exact) mass is 620 g/mol. The molecule has 1 amide bonds. The minimum absolute atomic E-state index is 0.0461. The number of ether oxygens (including phenoxy) is 3. The molecule has 1 heterocycles. The standard InChI is InChI=1S/C31H44N2O7S2/c1-30(2)24-11-13-31(30,28(34)19-24)22-42(36,37)33(14-7-16-38-3)21-29(35)32(20-25-8-6-17-41-25)15-12-23-9-10-26(39-4)27(18-23)40-5/h6,8-10,17-18,24H,7,11-16,19-22H2,1-5H3. The Morgan fingerprint density at radius 2 is 1.86 bits per heavy atom. The fourth-order valence-corrected chi connectivity index (χ4v) is 9.56. The summed E-state index contributed by atoms with van der Waals surface area (Å²) in [7, 11) is 0.806. The highest BCUT2D eigenvalue weighted by atomic mass is 32.2. The highest BCUT2D eigenvalue weighted by Gasteiger charge is 2.65. The van der Waals surface area contributed by atoms with Crippen LogP contribution in [-0.2, 0) is 37.3 Å². The fraction of sp³-hybridized carbons (Fsp3) is 0.613. The lowest BCUT2D eigenvalue weighted by Crippen LogP contribution is -2.49. The third-order valence-corrected chi connectivity index (χ3v) is 12.2. The summed E-state index contributed by atoms with van der Waals surface area (Å²) in [6.07, 6.45) is 2.89. The Labute approximate surface area is 254 Å². The first-order valence-corrected chi connectivity index (χ1v) is 17.0. The van der Waals surface area contributed by atoms with Crippen molar-refractivity contribution < 1.29 is 32.2 Å². The first-order valence-electron chi connectivity index (χ1n) is 14.5. The number of thiophene rings is 1. The van der Waals surface area contributed by atoms with Gasteiger partial charge < -0.3 is 19.1 Å². The predicted molar refractivity (Wildman–Crippen MR) is 163 cm³/mol. The number of sulfonamides is 1. The van der Waals surface area contributed by atoms with Crippen molar-refractivity contribution in [3.8, 4) is 11.5 Å². The van der Waals surface area contributed by atoms with Crippen LogP contribution >= 0.6 is 11.3 Å². The number of carbonyl (C=O) groups is 2. The van der Waals surface area contributed by atoms with Gasteiger partial charge in [0.1, 0.15) is 5.78 Å². The van der Waals surface area contributed by atoms with E-state index >= 15 is 0 Å². The number of rotatable bonds is 16. The number of fused-ring (bicyclic) bond motifs is 2. The Bertz CT molecular complexity index is 1340. The van der Waals surface area contributed by atoms with Crippen LogP contribution in [0, 0.1) is 16.7 Å². The molecule has 232 valence electrons. The van der Waals surface area contributed by atoms with Gasteiger partial charge in [-0.3, -0.25) is 9.59 Å². The molecule has 9 nitrogen and oxygen atoms in total. The van der Waals surface area contributed by atoms with Crippen molar-refractivity contribution in [3.05, 3.63) is 46.2 Å². The summed E-state index contributed by atoms with van der Waals surface area (Å²) >= 11 is 1.55. The second-order valence-corrected chi connectivity index (χ2v) is 14.9. The number of Topliss-reactive ketones (excluding diaryl/α,β-unsaturated/α-hetero) is 1. The molecule has 4 rings (SSSR count). The molecule has 2 fully saturated rings. The van der Waals surface area contributed by atoms with Gasteiger partial charge in [0.05, 0.1) is 33.1 Å². The van der Waals surface area contributed by atoms with Gasteiger partial charge in [-0.15, -0.1) is 11.3 Å². The van der Waals surface area contributed by atoms with E-state index in [2.05, 4.69) is 0 Å². The number of carbonyl (C=O) groups excluding carboxylic acids is 2. The molecule has 0 saturated heterocycles. The second-order valence-electron chi connectivity index (χ2n) is 11.9. The molecule has 2 aliphatic rings. The van der Waals surface area contributed by atoms with E-state index in [-0.39, 0.29) is 41.9 Å². The van der Waals surface area contributed by atoms with E-state index in [4.69, 9.17) is 14.2 Å². The largest absolute Gasteiger partial charge is 0.493 e. The maximum Gasteiger partial charge on any atom is 0.238 e. The fourth-order valence-electron chi connectivity index (χ4n) is 6.65. The van der Waals surface area contributed by atoms with Gasteiger partial charge in [-0.1, -0.05) is 26.0 Å². The van der Waals surface area contributed by atoms with Crippen LogP contribution in [0.15, 0.2) is 35.7 Å². The van der Waals surface area contributed by atoms with E-state index in [0.29, 0.717) is 56.9 Å². The zero-order valence-corrected chi connectivity index (χ0v) is 27.0.